The van der Waals surface area contributed by atoms with E-state index in [1.54, 1.807) is 28.0 Å². The Bertz CT molecular complexity index is 932. The first kappa shape index (κ1) is 22.8. The lowest BCUT2D eigenvalue weighted by atomic mass is 9.99. The van der Waals surface area contributed by atoms with Crippen molar-refractivity contribution in [1.82, 2.24) is 19.7 Å². The van der Waals surface area contributed by atoms with Crippen molar-refractivity contribution in [3.05, 3.63) is 59.7 Å². The highest BCUT2D eigenvalue weighted by Crippen LogP contribution is 2.34. The van der Waals surface area contributed by atoms with Gasteiger partial charge < -0.3 is 19.7 Å². The number of urea groups is 1. The Morgan fingerprint density at radius 1 is 1.16 bits per heavy atom. The molecule has 1 aromatic heterocycles. The van der Waals surface area contributed by atoms with E-state index in [4.69, 9.17) is 0 Å². The largest absolute Gasteiger partial charge is 0.348 e. The molecule has 0 aliphatic carbocycles. The molecule has 3 amide bonds. The van der Waals surface area contributed by atoms with Crippen LogP contribution in [0.5, 0.6) is 0 Å². The van der Waals surface area contributed by atoms with Crippen LogP contribution < -0.4 is 5.32 Å². The molecule has 0 spiro atoms. The summed E-state index contributed by atoms with van der Waals surface area (Å²) in [4.78, 5) is 29.6. The minimum Gasteiger partial charge on any atom is -0.348 e. The highest BCUT2D eigenvalue weighted by molar-refractivity contribution is 5.85. The van der Waals surface area contributed by atoms with Crippen molar-refractivity contribution < 1.29 is 14.0 Å². The van der Waals surface area contributed by atoms with Gasteiger partial charge in [-0.05, 0) is 44.9 Å². The van der Waals surface area contributed by atoms with Crippen molar-refractivity contribution in [2.75, 3.05) is 19.6 Å². The van der Waals surface area contributed by atoms with Gasteiger partial charge >= 0.3 is 6.03 Å². The molecule has 1 aliphatic heterocycles. The van der Waals surface area contributed by atoms with Crippen molar-refractivity contribution >= 4 is 11.9 Å². The van der Waals surface area contributed by atoms with Gasteiger partial charge in [-0.25, -0.2) is 9.18 Å². The number of benzene rings is 1. The zero-order valence-corrected chi connectivity index (χ0v) is 19.1. The molecule has 0 fully saturated rings. The quantitative estimate of drug-likeness (QED) is 0.782. The summed E-state index contributed by atoms with van der Waals surface area (Å²) in [5.74, 6) is -0.325. The van der Waals surface area contributed by atoms with Crippen LogP contribution in [0, 0.1) is 11.7 Å². The molecular weight excluding hydrogens is 395 g/mol. The van der Waals surface area contributed by atoms with E-state index in [0.29, 0.717) is 25.2 Å². The van der Waals surface area contributed by atoms with Gasteiger partial charge in [0, 0.05) is 42.6 Å². The van der Waals surface area contributed by atoms with E-state index < -0.39 is 11.6 Å². The zero-order chi connectivity index (χ0) is 22.8. The van der Waals surface area contributed by atoms with Gasteiger partial charge in [0.15, 0.2) is 0 Å². The number of hydrogen-bond donors (Lipinski definition) is 1. The van der Waals surface area contributed by atoms with Crippen LogP contribution in [0.3, 0.4) is 0 Å². The van der Waals surface area contributed by atoms with Gasteiger partial charge in [-0.2, -0.15) is 0 Å². The molecule has 0 saturated heterocycles. The van der Waals surface area contributed by atoms with Gasteiger partial charge in [-0.3, -0.25) is 4.79 Å². The molecule has 2 aromatic rings. The van der Waals surface area contributed by atoms with Gasteiger partial charge in [0.25, 0.3) is 0 Å². The molecule has 6 nitrogen and oxygen atoms in total. The zero-order valence-electron chi connectivity index (χ0n) is 19.1. The minimum absolute atomic E-state index is 0.0498. The number of hydrogen-bond acceptors (Lipinski definition) is 2. The van der Waals surface area contributed by atoms with E-state index in [0.717, 1.165) is 5.69 Å². The Hall–Kier alpha value is -2.83. The summed E-state index contributed by atoms with van der Waals surface area (Å²) in [7, 11) is 0. The third kappa shape index (κ3) is 5.46. The van der Waals surface area contributed by atoms with E-state index in [1.165, 1.54) is 6.07 Å². The van der Waals surface area contributed by atoms with Crippen molar-refractivity contribution in [2.45, 2.75) is 52.7 Å². The van der Waals surface area contributed by atoms with Crippen molar-refractivity contribution in [3.8, 4) is 0 Å². The Kier molecular flexibility index (Phi) is 6.72. The number of halogens is 1. The molecule has 1 aliphatic rings. The summed E-state index contributed by atoms with van der Waals surface area (Å²) in [6, 6.07) is 9.62. The molecule has 0 bridgehead atoms. The standard InChI is InChI=1S/C24H33FN4O2/c1-17(2)15-28(23(31)26-24(3,4)5)16-21(30)29-14-13-27-12-8-11-20(27)22(29)18-9-6-7-10-19(18)25/h6-12,17,22H,13-16H2,1-5H3,(H,26,31)/t22-/m0/s1. The van der Waals surface area contributed by atoms with E-state index in [1.807, 2.05) is 52.9 Å². The maximum atomic E-state index is 14.7. The monoisotopic (exact) mass is 428 g/mol. The Morgan fingerprint density at radius 2 is 1.87 bits per heavy atom. The molecule has 0 saturated carbocycles. The maximum absolute atomic E-state index is 14.7. The first-order valence-corrected chi connectivity index (χ1v) is 10.8. The van der Waals surface area contributed by atoms with Crippen LogP contribution in [-0.2, 0) is 11.3 Å². The van der Waals surface area contributed by atoms with Gasteiger partial charge in [-0.1, -0.05) is 32.0 Å². The fourth-order valence-corrected chi connectivity index (χ4v) is 3.99. The molecule has 1 aromatic carbocycles. The molecule has 168 valence electrons. The van der Waals surface area contributed by atoms with Crippen LogP contribution >= 0.6 is 0 Å². The van der Waals surface area contributed by atoms with Crippen LogP contribution in [0.2, 0.25) is 0 Å². The minimum atomic E-state index is -0.524. The summed E-state index contributed by atoms with van der Waals surface area (Å²) < 4.78 is 16.8. The lowest BCUT2D eigenvalue weighted by Crippen LogP contribution is -2.53. The third-order valence-corrected chi connectivity index (χ3v) is 5.24. The summed E-state index contributed by atoms with van der Waals surface area (Å²) in [6.07, 6.45) is 1.95. The highest BCUT2D eigenvalue weighted by atomic mass is 19.1. The van der Waals surface area contributed by atoms with E-state index in [2.05, 4.69) is 9.88 Å². The van der Waals surface area contributed by atoms with E-state index >= 15 is 0 Å². The molecule has 2 heterocycles. The first-order valence-electron chi connectivity index (χ1n) is 10.8. The van der Waals surface area contributed by atoms with Gasteiger partial charge in [0.05, 0.1) is 0 Å². The second kappa shape index (κ2) is 9.12. The van der Waals surface area contributed by atoms with Crippen molar-refractivity contribution in [1.29, 1.82) is 0 Å². The van der Waals surface area contributed by atoms with Crippen LogP contribution in [0.25, 0.3) is 0 Å². The third-order valence-electron chi connectivity index (χ3n) is 5.24. The lowest BCUT2D eigenvalue weighted by molar-refractivity contribution is -0.134. The summed E-state index contributed by atoms with van der Waals surface area (Å²) in [5.41, 5.74) is 0.932. The number of rotatable bonds is 5. The molecular formula is C24H33FN4O2. The molecule has 31 heavy (non-hydrogen) atoms. The smallest absolute Gasteiger partial charge is 0.318 e. The Morgan fingerprint density at radius 3 is 2.52 bits per heavy atom. The second-order valence-electron chi connectivity index (χ2n) is 9.59. The van der Waals surface area contributed by atoms with Crippen LogP contribution in [-0.4, -0.2) is 51.5 Å². The molecule has 1 atom stereocenters. The maximum Gasteiger partial charge on any atom is 0.318 e. The van der Waals surface area contributed by atoms with E-state index in [9.17, 15) is 14.0 Å². The summed E-state index contributed by atoms with van der Waals surface area (Å²) >= 11 is 0. The van der Waals surface area contributed by atoms with Gasteiger partial charge in [0.2, 0.25) is 5.91 Å². The van der Waals surface area contributed by atoms with Crippen molar-refractivity contribution in [2.24, 2.45) is 5.92 Å². The number of carbonyl (C=O) groups excluding carboxylic acids is 2. The number of fused-ring (bicyclic) bond motifs is 1. The summed E-state index contributed by atoms with van der Waals surface area (Å²) in [6.45, 7) is 11.3. The molecule has 3 rings (SSSR count). The number of nitrogens with zero attached hydrogens (tertiary/aromatic N) is 3. The fourth-order valence-electron chi connectivity index (χ4n) is 3.99. The molecule has 1 N–H and O–H groups in total. The van der Waals surface area contributed by atoms with Crippen LogP contribution in [0.4, 0.5) is 9.18 Å². The number of amides is 3. The van der Waals surface area contributed by atoms with Gasteiger partial charge in [0.1, 0.15) is 18.4 Å². The fraction of sp³-hybridized carbons (Fsp3) is 0.500. The topological polar surface area (TPSA) is 57.6 Å². The van der Waals surface area contributed by atoms with Crippen LogP contribution in [0.15, 0.2) is 42.6 Å². The van der Waals surface area contributed by atoms with Gasteiger partial charge in [-0.15, -0.1) is 0 Å². The number of carbonyl (C=O) groups is 2. The lowest BCUT2D eigenvalue weighted by Gasteiger charge is -2.39. The molecule has 0 unspecified atom stereocenters. The molecule has 7 heteroatoms. The van der Waals surface area contributed by atoms with E-state index in [-0.39, 0.29) is 30.2 Å². The SMILES string of the molecule is CC(C)CN(CC(=O)N1CCn2cccc2[C@@H]1c1ccccc1F)C(=O)NC(C)(C)C. The van der Waals surface area contributed by atoms with Crippen molar-refractivity contribution in [3.63, 3.8) is 0 Å². The average molecular weight is 429 g/mol. The Labute approximate surface area is 184 Å². The molecule has 0 radical (unpaired) electrons. The predicted molar refractivity (Wildman–Crippen MR) is 119 cm³/mol. The van der Waals surface area contributed by atoms with Crippen LogP contribution in [0.1, 0.15) is 51.9 Å². The summed E-state index contributed by atoms with van der Waals surface area (Å²) in [5, 5.41) is 2.95. The second-order valence-corrected chi connectivity index (χ2v) is 9.59. The Balaban J connectivity index is 1.89. The normalized spacial score (nSPS) is 16.2. The first-order chi connectivity index (χ1) is 14.6. The number of aromatic nitrogens is 1. The highest BCUT2D eigenvalue weighted by Gasteiger charge is 2.35. The number of nitrogens with one attached hydrogen (secondary N) is 1. The predicted octanol–water partition coefficient (Wildman–Crippen LogP) is 4.02. The average Bonchev–Trinajstić information content (AvgIpc) is 3.14.